The minimum Gasteiger partial charge on any atom is -0.396 e. The summed E-state index contributed by atoms with van der Waals surface area (Å²) in [5.41, 5.74) is 2.04. The van der Waals surface area contributed by atoms with Crippen LogP contribution in [-0.4, -0.2) is 34.4 Å². The van der Waals surface area contributed by atoms with E-state index in [1.165, 1.54) is 6.20 Å². The molecule has 2 rings (SSSR count). The second kappa shape index (κ2) is 8.70. The number of carbonyl (C=O) groups is 1. The van der Waals surface area contributed by atoms with E-state index in [9.17, 15) is 4.79 Å². The van der Waals surface area contributed by atoms with E-state index < -0.39 is 0 Å². The zero-order valence-corrected chi connectivity index (χ0v) is 13.9. The van der Waals surface area contributed by atoms with Gasteiger partial charge in [-0.3, -0.25) is 9.89 Å². The third-order valence-electron chi connectivity index (χ3n) is 3.80. The number of nitrogens with zero attached hydrogens (tertiary/aromatic N) is 1. The average Bonchev–Trinajstić information content (AvgIpc) is 3.03. The summed E-state index contributed by atoms with van der Waals surface area (Å²) >= 11 is 5.89. The zero-order valence-electron chi connectivity index (χ0n) is 13.2. The minimum absolute atomic E-state index is 0.141. The molecule has 23 heavy (non-hydrogen) atoms. The summed E-state index contributed by atoms with van der Waals surface area (Å²) in [5.74, 6) is 0.127. The monoisotopic (exact) mass is 335 g/mol. The van der Waals surface area contributed by atoms with E-state index in [-0.39, 0.29) is 12.5 Å². The third-order valence-corrected chi connectivity index (χ3v) is 4.05. The predicted octanol–water partition coefficient (Wildman–Crippen LogP) is 3.26. The third kappa shape index (κ3) is 4.81. The van der Waals surface area contributed by atoms with Crippen LogP contribution >= 0.6 is 11.6 Å². The Hall–Kier alpha value is -1.85. The van der Waals surface area contributed by atoms with Crippen LogP contribution < -0.4 is 5.32 Å². The number of nitrogens with one attached hydrogen (secondary N) is 2. The van der Waals surface area contributed by atoms with Gasteiger partial charge in [0.15, 0.2) is 0 Å². The fourth-order valence-electron chi connectivity index (χ4n) is 2.57. The van der Waals surface area contributed by atoms with E-state index >= 15 is 0 Å². The van der Waals surface area contributed by atoms with Crippen LogP contribution in [0.4, 0.5) is 0 Å². The number of H-pyrrole nitrogens is 1. The second-order valence-electron chi connectivity index (χ2n) is 5.54. The smallest absolute Gasteiger partial charge is 0.255 e. The number of aliphatic hydroxyl groups excluding tert-OH is 1. The van der Waals surface area contributed by atoms with Crippen LogP contribution in [0.15, 0.2) is 30.5 Å². The van der Waals surface area contributed by atoms with Gasteiger partial charge >= 0.3 is 0 Å². The highest BCUT2D eigenvalue weighted by Gasteiger charge is 2.16. The quantitative estimate of drug-likeness (QED) is 0.693. The number of carbonyl (C=O) groups excluding carboxylic acids is 1. The summed E-state index contributed by atoms with van der Waals surface area (Å²) in [6, 6.07) is 7.24. The van der Waals surface area contributed by atoms with Crippen molar-refractivity contribution < 1.29 is 9.90 Å². The van der Waals surface area contributed by atoms with Gasteiger partial charge in [0.05, 0.1) is 17.5 Å². The second-order valence-corrected chi connectivity index (χ2v) is 5.98. The molecule has 2 aromatic rings. The summed E-state index contributed by atoms with van der Waals surface area (Å²) in [6.45, 7) is 2.79. The Morgan fingerprint density at radius 3 is 2.74 bits per heavy atom. The zero-order chi connectivity index (χ0) is 16.7. The van der Waals surface area contributed by atoms with Crippen molar-refractivity contribution in [2.24, 2.45) is 5.92 Å². The lowest BCUT2D eigenvalue weighted by Gasteiger charge is -2.15. The molecule has 0 saturated heterocycles. The van der Waals surface area contributed by atoms with Crippen molar-refractivity contribution in [3.63, 3.8) is 0 Å². The number of aliphatic hydroxyl groups is 1. The summed E-state index contributed by atoms with van der Waals surface area (Å²) in [4.78, 5) is 12.4. The number of rotatable bonds is 8. The number of halogens is 1. The maximum absolute atomic E-state index is 12.4. The molecule has 0 spiro atoms. The molecule has 1 amide bonds. The molecule has 6 heteroatoms. The summed E-state index contributed by atoms with van der Waals surface area (Å²) < 4.78 is 0. The van der Waals surface area contributed by atoms with Gasteiger partial charge in [0.25, 0.3) is 5.91 Å². The number of amides is 1. The molecular formula is C17H22ClN3O2. The predicted molar refractivity (Wildman–Crippen MR) is 91.5 cm³/mol. The molecule has 0 aliphatic heterocycles. The standard InChI is InChI=1S/C17H22ClN3O2/c1-2-3-12(8-9-22)10-19-17(23)15-11-20-21-16(15)13-4-6-14(18)7-5-13/h4-7,11-12,22H,2-3,8-10H2,1H3,(H,19,23)(H,20,21). The highest BCUT2D eigenvalue weighted by Crippen LogP contribution is 2.23. The van der Waals surface area contributed by atoms with Crippen LogP contribution in [0.2, 0.25) is 5.02 Å². The first-order valence-corrected chi connectivity index (χ1v) is 8.21. The molecule has 0 aliphatic rings. The molecular weight excluding hydrogens is 314 g/mol. The number of benzene rings is 1. The average molecular weight is 336 g/mol. The van der Waals surface area contributed by atoms with Gasteiger partial charge in [-0.05, 0) is 30.9 Å². The summed E-state index contributed by atoms with van der Waals surface area (Å²) in [7, 11) is 0. The van der Waals surface area contributed by atoms with Crippen molar-refractivity contribution in [3.05, 3.63) is 41.0 Å². The lowest BCUT2D eigenvalue weighted by molar-refractivity contribution is 0.0943. The molecule has 0 aliphatic carbocycles. The molecule has 1 aromatic carbocycles. The van der Waals surface area contributed by atoms with Gasteiger partial charge in [0.2, 0.25) is 0 Å². The fourth-order valence-corrected chi connectivity index (χ4v) is 2.69. The molecule has 1 aromatic heterocycles. The Bertz CT molecular complexity index is 619. The summed E-state index contributed by atoms with van der Waals surface area (Å²) in [5, 5.41) is 19.5. The number of hydrogen-bond donors (Lipinski definition) is 3. The van der Waals surface area contributed by atoms with Crippen LogP contribution in [0.25, 0.3) is 11.3 Å². The van der Waals surface area contributed by atoms with Gasteiger partial charge in [0, 0.05) is 23.7 Å². The van der Waals surface area contributed by atoms with Crippen LogP contribution in [0.5, 0.6) is 0 Å². The van der Waals surface area contributed by atoms with Crippen LogP contribution in [0, 0.1) is 5.92 Å². The Labute approximate surface area is 141 Å². The Kier molecular flexibility index (Phi) is 6.62. The van der Waals surface area contributed by atoms with Gasteiger partial charge in [0.1, 0.15) is 0 Å². The maximum Gasteiger partial charge on any atom is 0.255 e. The molecule has 0 bridgehead atoms. The Morgan fingerprint density at radius 1 is 1.35 bits per heavy atom. The highest BCUT2D eigenvalue weighted by atomic mass is 35.5. The molecule has 1 unspecified atom stereocenters. The van der Waals surface area contributed by atoms with Crippen molar-refractivity contribution in [1.82, 2.24) is 15.5 Å². The van der Waals surface area contributed by atoms with Crippen molar-refractivity contribution in [2.75, 3.05) is 13.2 Å². The van der Waals surface area contributed by atoms with Gasteiger partial charge < -0.3 is 10.4 Å². The lowest BCUT2D eigenvalue weighted by atomic mass is 10.00. The largest absolute Gasteiger partial charge is 0.396 e. The maximum atomic E-state index is 12.4. The first-order chi connectivity index (χ1) is 11.2. The van der Waals surface area contributed by atoms with Gasteiger partial charge in [-0.25, -0.2) is 0 Å². The van der Waals surface area contributed by atoms with Crippen molar-refractivity contribution in [2.45, 2.75) is 26.2 Å². The first-order valence-electron chi connectivity index (χ1n) is 7.84. The Morgan fingerprint density at radius 2 is 2.09 bits per heavy atom. The number of aromatic nitrogens is 2. The number of hydrogen-bond acceptors (Lipinski definition) is 3. The van der Waals surface area contributed by atoms with Crippen LogP contribution in [0.1, 0.15) is 36.5 Å². The van der Waals surface area contributed by atoms with Crippen LogP contribution in [-0.2, 0) is 0 Å². The van der Waals surface area contributed by atoms with Crippen molar-refractivity contribution in [1.29, 1.82) is 0 Å². The van der Waals surface area contributed by atoms with Gasteiger partial charge in [-0.2, -0.15) is 5.10 Å². The molecule has 1 heterocycles. The summed E-state index contributed by atoms with van der Waals surface area (Å²) in [6.07, 6.45) is 4.24. The van der Waals surface area contributed by atoms with Gasteiger partial charge in [-0.15, -0.1) is 0 Å². The van der Waals surface area contributed by atoms with E-state index in [2.05, 4.69) is 22.4 Å². The van der Waals surface area contributed by atoms with E-state index in [1.54, 1.807) is 12.1 Å². The SMILES string of the molecule is CCCC(CCO)CNC(=O)c1cn[nH]c1-c1ccc(Cl)cc1. The minimum atomic E-state index is -0.164. The van der Waals surface area contributed by atoms with Crippen molar-refractivity contribution >= 4 is 17.5 Å². The normalized spacial score (nSPS) is 12.1. The molecule has 5 nitrogen and oxygen atoms in total. The van der Waals surface area contributed by atoms with E-state index in [4.69, 9.17) is 16.7 Å². The fraction of sp³-hybridized carbons (Fsp3) is 0.412. The number of aromatic amines is 1. The lowest BCUT2D eigenvalue weighted by Crippen LogP contribution is -2.29. The molecule has 0 fully saturated rings. The molecule has 0 saturated carbocycles. The molecule has 1 atom stereocenters. The van der Waals surface area contributed by atoms with E-state index in [0.29, 0.717) is 35.2 Å². The molecule has 0 radical (unpaired) electrons. The van der Waals surface area contributed by atoms with E-state index in [1.807, 2.05) is 12.1 Å². The van der Waals surface area contributed by atoms with Crippen LogP contribution in [0.3, 0.4) is 0 Å². The first kappa shape index (κ1) is 17.5. The highest BCUT2D eigenvalue weighted by molar-refractivity contribution is 6.30. The Balaban J connectivity index is 2.06. The topological polar surface area (TPSA) is 78.0 Å². The van der Waals surface area contributed by atoms with Gasteiger partial charge in [-0.1, -0.05) is 37.1 Å². The van der Waals surface area contributed by atoms with E-state index in [0.717, 1.165) is 18.4 Å². The van der Waals surface area contributed by atoms with Crippen molar-refractivity contribution in [3.8, 4) is 11.3 Å². The molecule has 3 N–H and O–H groups in total. The molecule has 124 valence electrons.